The van der Waals surface area contributed by atoms with Gasteiger partial charge in [-0.05, 0) is 37.1 Å². The lowest BCUT2D eigenvalue weighted by molar-refractivity contribution is -0.134. The van der Waals surface area contributed by atoms with Crippen LogP contribution in [0.2, 0.25) is 0 Å². The average molecular weight is 182 g/mol. The molecule has 0 aliphatic rings. The molecule has 1 aromatic carbocycles. The van der Waals surface area contributed by atoms with Crippen LogP contribution < -0.4 is 0 Å². The Morgan fingerprint density at radius 1 is 1.15 bits per heavy atom. The average Bonchev–Trinajstić information content (AvgIpc) is 1.80. The first-order valence-corrected chi connectivity index (χ1v) is 3.88. The number of benzene rings is 1. The van der Waals surface area contributed by atoms with Crippen molar-refractivity contribution in [2.45, 2.75) is 20.8 Å². The Morgan fingerprint density at radius 2 is 1.46 bits per heavy atom. The van der Waals surface area contributed by atoms with E-state index in [0.29, 0.717) is 5.75 Å². The smallest absolute Gasteiger partial charge is 0.300 e. The summed E-state index contributed by atoms with van der Waals surface area (Å²) in [6, 6.07) is 5.51. The van der Waals surface area contributed by atoms with Crippen molar-refractivity contribution >= 4 is 5.97 Å². The van der Waals surface area contributed by atoms with E-state index < -0.39 is 5.97 Å². The van der Waals surface area contributed by atoms with Crippen LogP contribution >= 0.6 is 0 Å². The third kappa shape index (κ3) is 6.87. The first kappa shape index (κ1) is 11.5. The third-order valence-electron chi connectivity index (χ3n) is 1.21. The molecule has 0 amide bonds. The molecule has 0 heterocycles. The van der Waals surface area contributed by atoms with Crippen molar-refractivity contribution in [2.24, 2.45) is 0 Å². The summed E-state index contributed by atoms with van der Waals surface area (Å²) in [6.07, 6.45) is 0. The van der Waals surface area contributed by atoms with Crippen LogP contribution in [-0.2, 0) is 4.79 Å². The zero-order valence-corrected chi connectivity index (χ0v) is 8.03. The number of carboxylic acids is 1. The van der Waals surface area contributed by atoms with Crippen LogP contribution in [0.25, 0.3) is 0 Å². The SMILES string of the molecule is CC(=O)O.Cc1cc(C)cc(O)c1. The summed E-state index contributed by atoms with van der Waals surface area (Å²) in [6.45, 7) is 5.01. The molecule has 0 bridgehead atoms. The highest BCUT2D eigenvalue weighted by molar-refractivity contribution is 5.62. The molecule has 3 nitrogen and oxygen atoms in total. The first-order valence-electron chi connectivity index (χ1n) is 3.88. The number of hydrogen-bond donors (Lipinski definition) is 2. The molecule has 0 unspecified atom stereocenters. The minimum atomic E-state index is -0.833. The molecule has 1 aromatic rings. The Kier molecular flexibility index (Phi) is 4.59. The van der Waals surface area contributed by atoms with Gasteiger partial charge in [-0.3, -0.25) is 4.79 Å². The number of hydrogen-bond acceptors (Lipinski definition) is 2. The van der Waals surface area contributed by atoms with Gasteiger partial charge in [0, 0.05) is 6.92 Å². The van der Waals surface area contributed by atoms with Crippen molar-refractivity contribution in [2.75, 3.05) is 0 Å². The second kappa shape index (κ2) is 5.19. The molecule has 0 fully saturated rings. The van der Waals surface area contributed by atoms with E-state index in [0.717, 1.165) is 18.1 Å². The second-order valence-corrected chi connectivity index (χ2v) is 2.86. The number of aliphatic carboxylic acids is 1. The number of aromatic hydroxyl groups is 1. The van der Waals surface area contributed by atoms with Gasteiger partial charge in [-0.15, -0.1) is 0 Å². The van der Waals surface area contributed by atoms with Gasteiger partial charge in [-0.1, -0.05) is 6.07 Å². The summed E-state index contributed by atoms with van der Waals surface area (Å²) >= 11 is 0. The molecule has 0 atom stereocenters. The van der Waals surface area contributed by atoms with Crippen molar-refractivity contribution in [1.29, 1.82) is 0 Å². The summed E-state index contributed by atoms with van der Waals surface area (Å²) in [7, 11) is 0. The van der Waals surface area contributed by atoms with Crippen molar-refractivity contribution in [3.8, 4) is 5.75 Å². The van der Waals surface area contributed by atoms with E-state index in [9.17, 15) is 0 Å². The molecule has 0 aromatic heterocycles. The van der Waals surface area contributed by atoms with Crippen LogP contribution in [0.1, 0.15) is 18.1 Å². The number of phenolic OH excluding ortho intramolecular Hbond substituents is 1. The summed E-state index contributed by atoms with van der Waals surface area (Å²) in [5.74, 6) is -0.479. The molecular formula is C10H14O3. The Balaban J connectivity index is 0.000000310. The quantitative estimate of drug-likeness (QED) is 0.646. The largest absolute Gasteiger partial charge is 0.508 e. The lowest BCUT2D eigenvalue weighted by atomic mass is 10.1. The summed E-state index contributed by atoms with van der Waals surface area (Å²) in [5.41, 5.74) is 2.21. The summed E-state index contributed by atoms with van der Waals surface area (Å²) in [4.78, 5) is 9.00. The normalized spacial score (nSPS) is 8.54. The van der Waals surface area contributed by atoms with Gasteiger partial charge < -0.3 is 10.2 Å². The van der Waals surface area contributed by atoms with Gasteiger partial charge in [0.1, 0.15) is 5.75 Å². The first-order chi connectivity index (χ1) is 5.91. The maximum Gasteiger partial charge on any atom is 0.300 e. The summed E-state index contributed by atoms with van der Waals surface area (Å²) in [5, 5.41) is 16.4. The van der Waals surface area contributed by atoms with Gasteiger partial charge in [0.15, 0.2) is 0 Å². The van der Waals surface area contributed by atoms with Crippen LogP contribution in [0, 0.1) is 13.8 Å². The number of phenols is 1. The molecule has 1 rings (SSSR count). The zero-order chi connectivity index (χ0) is 10.4. The minimum Gasteiger partial charge on any atom is -0.508 e. The third-order valence-corrected chi connectivity index (χ3v) is 1.21. The van der Waals surface area contributed by atoms with E-state index in [2.05, 4.69) is 0 Å². The van der Waals surface area contributed by atoms with Crippen LogP contribution in [0.4, 0.5) is 0 Å². The molecule has 0 saturated carbocycles. The highest BCUT2D eigenvalue weighted by Crippen LogP contribution is 2.13. The van der Waals surface area contributed by atoms with Gasteiger partial charge in [0.25, 0.3) is 5.97 Å². The minimum absolute atomic E-state index is 0.354. The topological polar surface area (TPSA) is 57.5 Å². The van der Waals surface area contributed by atoms with Crippen LogP contribution in [0.15, 0.2) is 18.2 Å². The maximum atomic E-state index is 9.00. The number of carbonyl (C=O) groups is 1. The van der Waals surface area contributed by atoms with E-state index in [1.807, 2.05) is 19.9 Å². The van der Waals surface area contributed by atoms with Crippen molar-refractivity contribution in [3.05, 3.63) is 29.3 Å². The predicted molar refractivity (Wildman–Crippen MR) is 50.9 cm³/mol. The standard InChI is InChI=1S/C8H10O.C2H4O2/c1-6-3-7(2)5-8(9)4-6;1-2(3)4/h3-5,9H,1-2H3;1H3,(H,3,4). The van der Waals surface area contributed by atoms with Crippen molar-refractivity contribution in [3.63, 3.8) is 0 Å². The second-order valence-electron chi connectivity index (χ2n) is 2.86. The molecule has 13 heavy (non-hydrogen) atoms. The van der Waals surface area contributed by atoms with Gasteiger partial charge in [0.2, 0.25) is 0 Å². The monoisotopic (exact) mass is 182 g/mol. The highest BCUT2D eigenvalue weighted by atomic mass is 16.4. The van der Waals surface area contributed by atoms with Gasteiger partial charge in [-0.2, -0.15) is 0 Å². The molecule has 0 aliphatic carbocycles. The van der Waals surface area contributed by atoms with Crippen molar-refractivity contribution < 1.29 is 15.0 Å². The highest BCUT2D eigenvalue weighted by Gasteiger charge is 1.89. The molecule has 0 radical (unpaired) electrons. The molecule has 72 valence electrons. The van der Waals surface area contributed by atoms with E-state index in [1.54, 1.807) is 12.1 Å². The molecule has 0 aliphatic heterocycles. The van der Waals surface area contributed by atoms with Crippen LogP contribution in [-0.4, -0.2) is 16.2 Å². The Hall–Kier alpha value is -1.51. The predicted octanol–water partition coefficient (Wildman–Crippen LogP) is 2.10. The van der Waals surface area contributed by atoms with Crippen molar-refractivity contribution in [1.82, 2.24) is 0 Å². The van der Waals surface area contributed by atoms with E-state index >= 15 is 0 Å². The zero-order valence-electron chi connectivity index (χ0n) is 8.03. The van der Waals surface area contributed by atoms with E-state index in [1.165, 1.54) is 0 Å². The molecular weight excluding hydrogens is 168 g/mol. The number of rotatable bonds is 0. The van der Waals surface area contributed by atoms with E-state index in [-0.39, 0.29) is 0 Å². The van der Waals surface area contributed by atoms with Gasteiger partial charge in [0.05, 0.1) is 0 Å². The maximum absolute atomic E-state index is 9.00. The molecule has 3 heteroatoms. The summed E-state index contributed by atoms with van der Waals surface area (Å²) < 4.78 is 0. The van der Waals surface area contributed by atoms with Crippen LogP contribution in [0.3, 0.4) is 0 Å². The molecule has 0 spiro atoms. The Morgan fingerprint density at radius 3 is 1.69 bits per heavy atom. The lowest BCUT2D eigenvalue weighted by Gasteiger charge is -1.95. The number of carboxylic acid groups (broad SMARTS) is 1. The van der Waals surface area contributed by atoms with Gasteiger partial charge in [-0.25, -0.2) is 0 Å². The fourth-order valence-electron chi connectivity index (χ4n) is 0.951. The van der Waals surface area contributed by atoms with Gasteiger partial charge >= 0.3 is 0 Å². The number of aryl methyl sites for hydroxylation is 2. The van der Waals surface area contributed by atoms with Crippen LogP contribution in [0.5, 0.6) is 5.75 Å². The Bertz CT molecular complexity index is 238. The fraction of sp³-hybridized carbons (Fsp3) is 0.300. The fourth-order valence-corrected chi connectivity index (χ4v) is 0.951. The Labute approximate surface area is 77.6 Å². The lowest BCUT2D eigenvalue weighted by Crippen LogP contribution is -1.78. The van der Waals surface area contributed by atoms with E-state index in [4.69, 9.17) is 15.0 Å². The molecule has 2 N–H and O–H groups in total. The molecule has 0 saturated heterocycles.